The summed E-state index contributed by atoms with van der Waals surface area (Å²) in [5.74, 6) is 3.98. The van der Waals surface area contributed by atoms with Crippen molar-refractivity contribution in [1.29, 1.82) is 0 Å². The van der Waals surface area contributed by atoms with E-state index in [2.05, 4.69) is 22.4 Å². The molecule has 2 rings (SSSR count). The van der Waals surface area contributed by atoms with E-state index in [-0.39, 0.29) is 6.04 Å². The lowest BCUT2D eigenvalue weighted by atomic mass is 10.1. The van der Waals surface area contributed by atoms with Gasteiger partial charge in [-0.3, -0.25) is 0 Å². The highest BCUT2D eigenvalue weighted by atomic mass is 32.2. The van der Waals surface area contributed by atoms with Crippen LogP contribution in [0.1, 0.15) is 43.9 Å². The Morgan fingerprint density at radius 1 is 1.50 bits per heavy atom. The average molecular weight is 241 g/mol. The molecule has 5 heteroatoms. The van der Waals surface area contributed by atoms with Crippen molar-refractivity contribution >= 4 is 11.8 Å². The molecule has 1 aromatic rings. The molecule has 1 fully saturated rings. The molecule has 1 aliphatic heterocycles. The molecule has 0 unspecified atom stereocenters. The van der Waals surface area contributed by atoms with Gasteiger partial charge in [0.25, 0.3) is 0 Å². The first-order chi connectivity index (χ1) is 7.79. The number of thioether (sulfide) groups is 1. The Hall–Kier alpha value is -0.550. The predicted molar refractivity (Wildman–Crippen MR) is 65.5 cm³/mol. The van der Waals surface area contributed by atoms with Gasteiger partial charge in [0.05, 0.1) is 6.04 Å². The molecule has 0 aliphatic carbocycles. The summed E-state index contributed by atoms with van der Waals surface area (Å²) in [6, 6.07) is 0.857. The summed E-state index contributed by atoms with van der Waals surface area (Å²) in [5.41, 5.74) is 0. The predicted octanol–water partition coefficient (Wildman–Crippen LogP) is 2.31. The number of nitrogens with zero attached hydrogens (tertiary/aromatic N) is 2. The third-order valence-corrected chi connectivity index (χ3v) is 3.97. The van der Waals surface area contributed by atoms with Gasteiger partial charge in [-0.15, -0.1) is 0 Å². The van der Waals surface area contributed by atoms with Crippen LogP contribution >= 0.6 is 11.8 Å². The molecule has 1 atom stereocenters. The smallest absolute Gasteiger partial charge is 0.223 e. The second-order valence-corrected chi connectivity index (χ2v) is 5.41. The summed E-state index contributed by atoms with van der Waals surface area (Å²) >= 11 is 2.04. The van der Waals surface area contributed by atoms with E-state index in [0.29, 0.717) is 11.9 Å². The molecule has 0 spiro atoms. The van der Waals surface area contributed by atoms with Gasteiger partial charge in [-0.25, -0.2) is 0 Å². The number of hydrogen-bond donors (Lipinski definition) is 1. The van der Waals surface area contributed by atoms with Crippen LogP contribution in [0.5, 0.6) is 0 Å². The minimum Gasteiger partial charge on any atom is -0.340 e. The zero-order chi connectivity index (χ0) is 11.4. The molecule has 0 bridgehead atoms. The lowest BCUT2D eigenvalue weighted by molar-refractivity contribution is 0.356. The molecule has 0 aromatic carbocycles. The van der Waals surface area contributed by atoms with Gasteiger partial charge in [-0.1, -0.05) is 12.1 Å². The number of rotatable bonds is 4. The summed E-state index contributed by atoms with van der Waals surface area (Å²) in [6.45, 7) is 3.99. The van der Waals surface area contributed by atoms with Gasteiger partial charge >= 0.3 is 0 Å². The number of hydrogen-bond acceptors (Lipinski definition) is 5. The van der Waals surface area contributed by atoms with Crippen LogP contribution < -0.4 is 5.32 Å². The maximum Gasteiger partial charge on any atom is 0.223 e. The topological polar surface area (TPSA) is 51.0 Å². The van der Waals surface area contributed by atoms with Crippen molar-refractivity contribution in [3.05, 3.63) is 11.7 Å². The van der Waals surface area contributed by atoms with E-state index in [9.17, 15) is 0 Å². The van der Waals surface area contributed by atoms with Gasteiger partial charge in [0.2, 0.25) is 5.89 Å². The van der Waals surface area contributed by atoms with Crippen molar-refractivity contribution in [3.8, 4) is 0 Å². The minimum absolute atomic E-state index is 0.241. The average Bonchev–Trinajstić information content (AvgIpc) is 2.74. The molecule has 0 amide bonds. The van der Waals surface area contributed by atoms with Crippen LogP contribution in [0.4, 0.5) is 0 Å². The molecular formula is C11H19N3OS. The molecular weight excluding hydrogens is 222 g/mol. The van der Waals surface area contributed by atoms with Gasteiger partial charge in [0.1, 0.15) is 0 Å². The molecule has 1 aromatic heterocycles. The molecule has 1 N–H and O–H groups in total. The van der Waals surface area contributed by atoms with E-state index >= 15 is 0 Å². The number of aromatic nitrogens is 2. The maximum absolute atomic E-state index is 5.03. The van der Waals surface area contributed by atoms with Crippen LogP contribution in [0, 0.1) is 6.92 Å². The Morgan fingerprint density at radius 2 is 2.25 bits per heavy atom. The Bertz CT molecular complexity index is 323. The summed E-state index contributed by atoms with van der Waals surface area (Å²) in [7, 11) is 0. The highest BCUT2D eigenvalue weighted by molar-refractivity contribution is 7.99. The van der Waals surface area contributed by atoms with Gasteiger partial charge < -0.3 is 9.84 Å². The third kappa shape index (κ3) is 2.98. The second-order valence-electron chi connectivity index (χ2n) is 4.19. The highest BCUT2D eigenvalue weighted by Crippen LogP contribution is 2.21. The molecule has 4 nitrogen and oxygen atoms in total. The van der Waals surface area contributed by atoms with Crippen LogP contribution in [0.15, 0.2) is 4.52 Å². The van der Waals surface area contributed by atoms with Crippen LogP contribution in [0.2, 0.25) is 0 Å². The van der Waals surface area contributed by atoms with Crippen molar-refractivity contribution in [2.75, 3.05) is 11.5 Å². The molecule has 2 heterocycles. The fourth-order valence-corrected chi connectivity index (χ4v) is 3.09. The number of nitrogens with one attached hydrogen (secondary N) is 1. The Labute approximate surface area is 101 Å². The number of aryl methyl sites for hydroxylation is 1. The molecule has 1 aliphatic rings. The van der Waals surface area contributed by atoms with Crippen molar-refractivity contribution in [3.63, 3.8) is 0 Å². The fourth-order valence-electron chi connectivity index (χ4n) is 1.98. The molecule has 1 saturated heterocycles. The maximum atomic E-state index is 5.03. The molecule has 0 saturated carbocycles. The monoisotopic (exact) mass is 241 g/mol. The first-order valence-corrected chi connectivity index (χ1v) is 7.09. The van der Waals surface area contributed by atoms with E-state index in [4.69, 9.17) is 4.52 Å². The van der Waals surface area contributed by atoms with Gasteiger partial charge in [0.15, 0.2) is 5.82 Å². The van der Waals surface area contributed by atoms with Crippen LogP contribution in [0.25, 0.3) is 0 Å². The largest absolute Gasteiger partial charge is 0.340 e. The summed E-state index contributed by atoms with van der Waals surface area (Å²) in [4.78, 5) is 4.30. The highest BCUT2D eigenvalue weighted by Gasteiger charge is 2.21. The second kappa shape index (κ2) is 5.68. The van der Waals surface area contributed by atoms with Gasteiger partial charge in [0, 0.05) is 13.0 Å². The lowest BCUT2D eigenvalue weighted by Crippen LogP contribution is -2.35. The van der Waals surface area contributed by atoms with Crippen molar-refractivity contribution < 1.29 is 4.52 Å². The first kappa shape index (κ1) is 11.9. The van der Waals surface area contributed by atoms with Crippen molar-refractivity contribution in [1.82, 2.24) is 15.5 Å². The summed E-state index contributed by atoms with van der Waals surface area (Å²) in [5, 5.41) is 7.64. The van der Waals surface area contributed by atoms with E-state index < -0.39 is 0 Å². The first-order valence-electron chi connectivity index (χ1n) is 5.93. The van der Waals surface area contributed by atoms with E-state index in [1.807, 2.05) is 18.7 Å². The molecule has 16 heavy (non-hydrogen) atoms. The molecule has 0 radical (unpaired) electrons. The Balaban J connectivity index is 1.94. The molecule has 90 valence electrons. The summed E-state index contributed by atoms with van der Waals surface area (Å²) in [6.07, 6.45) is 3.50. The normalized spacial score (nSPS) is 19.9. The van der Waals surface area contributed by atoms with Crippen molar-refractivity contribution in [2.24, 2.45) is 0 Å². The summed E-state index contributed by atoms with van der Waals surface area (Å²) < 4.78 is 5.03. The SMILES string of the molecule is CC[C@H](NC1CCSCC1)c1noc(C)n1. The van der Waals surface area contributed by atoms with Crippen LogP contribution in [-0.4, -0.2) is 27.7 Å². The van der Waals surface area contributed by atoms with Gasteiger partial charge in [-0.05, 0) is 30.8 Å². The lowest BCUT2D eigenvalue weighted by Gasteiger charge is -2.26. The third-order valence-electron chi connectivity index (χ3n) is 2.92. The van der Waals surface area contributed by atoms with E-state index in [0.717, 1.165) is 12.2 Å². The van der Waals surface area contributed by atoms with Gasteiger partial charge in [-0.2, -0.15) is 16.7 Å². The van der Waals surface area contributed by atoms with Crippen LogP contribution in [-0.2, 0) is 0 Å². The van der Waals surface area contributed by atoms with Crippen molar-refractivity contribution in [2.45, 2.75) is 45.2 Å². The standard InChI is InChI=1S/C11H19N3OS/c1-3-10(11-12-8(2)15-14-11)13-9-4-6-16-7-5-9/h9-10,13H,3-7H2,1-2H3/t10-/m0/s1. The minimum atomic E-state index is 0.241. The quantitative estimate of drug-likeness (QED) is 0.876. The zero-order valence-corrected chi connectivity index (χ0v) is 10.7. The Morgan fingerprint density at radius 3 is 2.81 bits per heavy atom. The fraction of sp³-hybridized carbons (Fsp3) is 0.818. The van der Waals surface area contributed by atoms with E-state index in [1.54, 1.807) is 0 Å². The zero-order valence-electron chi connectivity index (χ0n) is 9.90. The van der Waals surface area contributed by atoms with Crippen LogP contribution in [0.3, 0.4) is 0 Å². The Kier molecular flexibility index (Phi) is 4.23. The van der Waals surface area contributed by atoms with E-state index in [1.165, 1.54) is 24.3 Å².